The summed E-state index contributed by atoms with van der Waals surface area (Å²) in [5.74, 6) is 4.17. The van der Waals surface area contributed by atoms with E-state index >= 15 is 0 Å². The second-order valence-electron chi connectivity index (χ2n) is 4.53. The number of hydrogen-bond donors (Lipinski definition) is 1. The van der Waals surface area contributed by atoms with Crippen molar-refractivity contribution in [2.24, 2.45) is 17.6 Å². The third-order valence-electron chi connectivity index (χ3n) is 3.26. The van der Waals surface area contributed by atoms with E-state index in [2.05, 4.69) is 24.7 Å². The van der Waals surface area contributed by atoms with Gasteiger partial charge >= 0.3 is 0 Å². The first-order valence-corrected chi connectivity index (χ1v) is 5.56. The molecule has 0 heterocycles. The van der Waals surface area contributed by atoms with Crippen LogP contribution in [-0.4, -0.2) is 30.6 Å². The predicted molar refractivity (Wildman–Crippen MR) is 60.8 cm³/mol. The Kier molecular flexibility index (Phi) is 4.44. The van der Waals surface area contributed by atoms with E-state index in [0.29, 0.717) is 12.0 Å². The molecule has 2 unspecified atom stereocenters. The lowest BCUT2D eigenvalue weighted by Gasteiger charge is -2.31. The zero-order chi connectivity index (χ0) is 10.6. The molecule has 0 radical (unpaired) electrons. The molecule has 0 amide bonds. The van der Waals surface area contributed by atoms with Gasteiger partial charge in [0.15, 0.2) is 0 Å². The van der Waals surface area contributed by atoms with Crippen molar-refractivity contribution in [2.75, 3.05) is 19.6 Å². The first-order valence-electron chi connectivity index (χ1n) is 5.56. The first-order chi connectivity index (χ1) is 6.69. The average molecular weight is 194 g/mol. The number of terminal acetylenes is 1. The van der Waals surface area contributed by atoms with E-state index in [-0.39, 0.29) is 0 Å². The zero-order valence-corrected chi connectivity index (χ0v) is 9.37. The minimum absolute atomic E-state index is 0.511. The highest BCUT2D eigenvalue weighted by Crippen LogP contribution is 2.30. The molecular formula is C12H22N2. The van der Waals surface area contributed by atoms with Crippen molar-refractivity contribution in [1.29, 1.82) is 0 Å². The molecule has 1 aliphatic carbocycles. The minimum atomic E-state index is 0.511. The van der Waals surface area contributed by atoms with Crippen LogP contribution >= 0.6 is 0 Å². The van der Waals surface area contributed by atoms with Crippen LogP contribution in [0.5, 0.6) is 0 Å². The molecule has 0 bridgehead atoms. The fourth-order valence-electron chi connectivity index (χ4n) is 1.68. The van der Waals surface area contributed by atoms with Crippen LogP contribution in [0.1, 0.15) is 26.7 Å². The van der Waals surface area contributed by atoms with E-state index in [4.69, 9.17) is 12.2 Å². The molecule has 2 heteroatoms. The topological polar surface area (TPSA) is 29.3 Å². The van der Waals surface area contributed by atoms with Crippen molar-refractivity contribution in [3.05, 3.63) is 0 Å². The van der Waals surface area contributed by atoms with Gasteiger partial charge in [0, 0.05) is 12.6 Å². The maximum atomic E-state index is 5.68. The van der Waals surface area contributed by atoms with E-state index in [1.807, 2.05) is 0 Å². The molecule has 0 aromatic rings. The maximum absolute atomic E-state index is 5.68. The molecule has 2 nitrogen and oxygen atoms in total. The quantitative estimate of drug-likeness (QED) is 0.646. The SMILES string of the molecule is C#CCN(CC1CC1)C(C)C(C)CN. The summed E-state index contributed by atoms with van der Waals surface area (Å²) in [6.07, 6.45) is 8.14. The molecule has 1 saturated carbocycles. The zero-order valence-electron chi connectivity index (χ0n) is 9.37. The smallest absolute Gasteiger partial charge is 0.0601 e. The van der Waals surface area contributed by atoms with Crippen molar-refractivity contribution < 1.29 is 0 Å². The number of rotatable bonds is 6. The Morgan fingerprint density at radius 1 is 1.50 bits per heavy atom. The molecule has 2 atom stereocenters. The molecule has 2 N–H and O–H groups in total. The van der Waals surface area contributed by atoms with E-state index in [9.17, 15) is 0 Å². The van der Waals surface area contributed by atoms with Crippen molar-refractivity contribution in [2.45, 2.75) is 32.7 Å². The van der Waals surface area contributed by atoms with E-state index in [1.165, 1.54) is 12.8 Å². The summed E-state index contributed by atoms with van der Waals surface area (Å²) in [6, 6.07) is 0.511. The van der Waals surface area contributed by atoms with Crippen LogP contribution in [0.4, 0.5) is 0 Å². The van der Waals surface area contributed by atoms with Gasteiger partial charge in [-0.1, -0.05) is 12.8 Å². The molecule has 1 aliphatic rings. The van der Waals surface area contributed by atoms with E-state index in [0.717, 1.165) is 25.6 Å². The number of nitrogens with two attached hydrogens (primary N) is 1. The van der Waals surface area contributed by atoms with Crippen molar-refractivity contribution in [1.82, 2.24) is 4.90 Å². The molecule has 14 heavy (non-hydrogen) atoms. The van der Waals surface area contributed by atoms with Crippen molar-refractivity contribution >= 4 is 0 Å². The van der Waals surface area contributed by atoms with Crippen LogP contribution in [-0.2, 0) is 0 Å². The second-order valence-corrected chi connectivity index (χ2v) is 4.53. The third kappa shape index (κ3) is 3.32. The second kappa shape index (κ2) is 5.38. The highest BCUT2D eigenvalue weighted by atomic mass is 15.2. The van der Waals surface area contributed by atoms with Crippen LogP contribution < -0.4 is 5.73 Å². The highest BCUT2D eigenvalue weighted by molar-refractivity contribution is 4.92. The Hall–Kier alpha value is -0.520. The molecule has 1 rings (SSSR count). The summed E-state index contributed by atoms with van der Waals surface area (Å²) in [6.45, 7) is 7.10. The lowest BCUT2D eigenvalue weighted by Crippen LogP contribution is -2.41. The van der Waals surface area contributed by atoms with Gasteiger partial charge in [-0.25, -0.2) is 0 Å². The van der Waals surface area contributed by atoms with Crippen LogP contribution in [0.2, 0.25) is 0 Å². The standard InChI is InChI=1S/C12H22N2/c1-4-7-14(9-12-5-6-12)11(3)10(2)8-13/h1,10-12H,5-9,13H2,2-3H3. The fraction of sp³-hybridized carbons (Fsp3) is 0.833. The van der Waals surface area contributed by atoms with Gasteiger partial charge < -0.3 is 5.73 Å². The van der Waals surface area contributed by atoms with Crippen LogP contribution in [0.3, 0.4) is 0 Å². The van der Waals surface area contributed by atoms with Gasteiger partial charge in [-0.05, 0) is 38.1 Å². The van der Waals surface area contributed by atoms with Gasteiger partial charge in [-0.3, -0.25) is 4.90 Å². The Bertz CT molecular complexity index is 203. The van der Waals surface area contributed by atoms with Gasteiger partial charge in [-0.15, -0.1) is 6.42 Å². The molecule has 0 spiro atoms. The maximum Gasteiger partial charge on any atom is 0.0601 e. The van der Waals surface area contributed by atoms with E-state index in [1.54, 1.807) is 0 Å². The van der Waals surface area contributed by atoms with Gasteiger partial charge in [-0.2, -0.15) is 0 Å². The number of hydrogen-bond acceptors (Lipinski definition) is 2. The lowest BCUT2D eigenvalue weighted by atomic mass is 10.0. The van der Waals surface area contributed by atoms with Crippen LogP contribution in [0, 0.1) is 24.2 Å². The molecular weight excluding hydrogens is 172 g/mol. The van der Waals surface area contributed by atoms with Crippen LogP contribution in [0.15, 0.2) is 0 Å². The Morgan fingerprint density at radius 2 is 2.14 bits per heavy atom. The average Bonchev–Trinajstić information content (AvgIpc) is 2.98. The van der Waals surface area contributed by atoms with Crippen molar-refractivity contribution in [3.63, 3.8) is 0 Å². The third-order valence-corrected chi connectivity index (χ3v) is 3.26. The summed E-state index contributed by atoms with van der Waals surface area (Å²) in [7, 11) is 0. The summed E-state index contributed by atoms with van der Waals surface area (Å²) in [5, 5.41) is 0. The van der Waals surface area contributed by atoms with Gasteiger partial charge in [0.05, 0.1) is 6.54 Å². The summed E-state index contributed by atoms with van der Waals surface area (Å²) in [5.41, 5.74) is 5.68. The highest BCUT2D eigenvalue weighted by Gasteiger charge is 2.27. The molecule has 0 aliphatic heterocycles. The molecule has 0 saturated heterocycles. The largest absolute Gasteiger partial charge is 0.330 e. The molecule has 0 aromatic heterocycles. The van der Waals surface area contributed by atoms with E-state index < -0.39 is 0 Å². The van der Waals surface area contributed by atoms with Gasteiger partial charge in [0.25, 0.3) is 0 Å². The first kappa shape index (κ1) is 11.6. The monoisotopic (exact) mass is 194 g/mol. The Balaban J connectivity index is 2.42. The number of nitrogens with zero attached hydrogens (tertiary/aromatic N) is 1. The predicted octanol–water partition coefficient (Wildman–Crippen LogP) is 1.31. The fourth-order valence-corrected chi connectivity index (χ4v) is 1.68. The van der Waals surface area contributed by atoms with Gasteiger partial charge in [0.2, 0.25) is 0 Å². The molecule has 1 fully saturated rings. The summed E-state index contributed by atoms with van der Waals surface area (Å²) >= 11 is 0. The van der Waals surface area contributed by atoms with Crippen molar-refractivity contribution in [3.8, 4) is 12.3 Å². The summed E-state index contributed by atoms with van der Waals surface area (Å²) < 4.78 is 0. The Labute approximate surface area is 87.8 Å². The molecule has 80 valence electrons. The normalized spacial score (nSPS) is 20.5. The summed E-state index contributed by atoms with van der Waals surface area (Å²) in [4.78, 5) is 2.40. The van der Waals surface area contributed by atoms with Gasteiger partial charge in [0.1, 0.15) is 0 Å². The minimum Gasteiger partial charge on any atom is -0.330 e. The molecule has 0 aromatic carbocycles. The lowest BCUT2D eigenvalue weighted by molar-refractivity contribution is 0.177. The Morgan fingerprint density at radius 3 is 2.57 bits per heavy atom. The van der Waals surface area contributed by atoms with Crippen LogP contribution in [0.25, 0.3) is 0 Å².